The van der Waals surface area contributed by atoms with Crippen LogP contribution in [0.1, 0.15) is 81.5 Å². The molecule has 6 heterocycles. The first-order valence-electron chi connectivity index (χ1n) is 21.7. The molecule has 0 radical (unpaired) electrons. The average Bonchev–Trinajstić information content (AvgIpc) is 3.48. The maximum atomic E-state index is 15.5. The van der Waals surface area contributed by atoms with Crippen molar-refractivity contribution < 1.29 is 48.0 Å². The Bertz CT molecular complexity index is 2410. The molecule has 6 aliphatic heterocycles. The molecule has 1 N–H and O–H groups in total. The van der Waals surface area contributed by atoms with Gasteiger partial charge in [0.2, 0.25) is 12.1 Å². The summed E-state index contributed by atoms with van der Waals surface area (Å²) < 4.78 is 33.5. The molecule has 62 heavy (non-hydrogen) atoms. The van der Waals surface area contributed by atoms with Gasteiger partial charge in [0.1, 0.15) is 11.2 Å². The van der Waals surface area contributed by atoms with Gasteiger partial charge in [-0.15, -0.1) is 0 Å². The predicted octanol–water partition coefficient (Wildman–Crippen LogP) is 5.42. The van der Waals surface area contributed by atoms with E-state index >= 15 is 4.79 Å². The number of carbonyl (C=O) groups is 4. The molecule has 1 amide bonds. The van der Waals surface area contributed by atoms with Crippen LogP contribution in [-0.4, -0.2) is 122 Å². The van der Waals surface area contributed by atoms with E-state index in [0.717, 1.165) is 41.5 Å². The number of nitrogens with zero attached hydrogens (tertiary/aromatic N) is 3. The molecule has 2 aliphatic carbocycles. The first-order valence-corrected chi connectivity index (χ1v) is 23.9. The predicted molar refractivity (Wildman–Crippen MR) is 244 cm³/mol. The Hall–Kier alpha value is -3.10. The van der Waals surface area contributed by atoms with E-state index in [1.54, 1.807) is 7.11 Å². The number of esters is 3. The van der Waals surface area contributed by atoms with Crippen molar-refractivity contribution in [1.82, 2.24) is 9.80 Å². The summed E-state index contributed by atoms with van der Waals surface area (Å²) in [7, 11) is 4.31. The minimum atomic E-state index is -1.88. The molecule has 10 rings (SSSR count). The van der Waals surface area contributed by atoms with Crippen molar-refractivity contribution in [3.63, 3.8) is 0 Å². The lowest BCUT2D eigenvalue weighted by molar-refractivity contribution is -0.178. The van der Waals surface area contributed by atoms with Crippen molar-refractivity contribution in [3.8, 4) is 5.75 Å². The van der Waals surface area contributed by atoms with Gasteiger partial charge in [-0.05, 0) is 149 Å². The summed E-state index contributed by atoms with van der Waals surface area (Å²) in [6, 6.07) is 7.98. The van der Waals surface area contributed by atoms with Gasteiger partial charge in [-0.1, -0.05) is 26.0 Å². The second kappa shape index (κ2) is 14.4. The molecule has 3 saturated heterocycles. The van der Waals surface area contributed by atoms with Crippen LogP contribution in [0.5, 0.6) is 5.75 Å². The van der Waals surface area contributed by atoms with E-state index < -0.39 is 63.2 Å². The normalized spacial score (nSPS) is 38.2. The van der Waals surface area contributed by atoms with E-state index in [0.29, 0.717) is 94.5 Å². The van der Waals surface area contributed by atoms with Crippen LogP contribution in [0, 0.1) is 18.5 Å². The zero-order chi connectivity index (χ0) is 43.9. The number of anilines is 1. The fraction of sp³-hybridized carbons (Fsp3) is 0.574. The van der Waals surface area contributed by atoms with Gasteiger partial charge in [-0.25, -0.2) is 4.79 Å². The van der Waals surface area contributed by atoms with E-state index in [1.807, 2.05) is 19.9 Å². The van der Waals surface area contributed by atoms with Crippen LogP contribution in [-0.2, 0) is 55.4 Å². The molecule has 4 fully saturated rings. The van der Waals surface area contributed by atoms with Gasteiger partial charge in [-0.2, -0.15) is 0 Å². The summed E-state index contributed by atoms with van der Waals surface area (Å²) >= 11 is 4.77. The molecular weight excluding hydrogens is 1020 g/mol. The maximum absolute atomic E-state index is 15.5. The minimum absolute atomic E-state index is 0.103. The summed E-state index contributed by atoms with van der Waals surface area (Å²) in [5, 5.41) is 12.1. The molecular formula is C47H53I2N3O10. The second-order valence-electron chi connectivity index (χ2n) is 18.8. The Morgan fingerprint density at radius 2 is 1.74 bits per heavy atom. The van der Waals surface area contributed by atoms with Gasteiger partial charge < -0.3 is 28.8 Å². The number of piperidine rings is 1. The number of hydrogen-bond donors (Lipinski definition) is 1. The number of rotatable bonds is 8. The molecule has 330 valence electrons. The van der Waals surface area contributed by atoms with Gasteiger partial charge in [0, 0.05) is 63.3 Å². The molecule has 13 nitrogen and oxygen atoms in total. The van der Waals surface area contributed by atoms with E-state index in [4.69, 9.17) is 23.7 Å². The highest BCUT2D eigenvalue weighted by atomic mass is 127. The number of hydrogen-bond acceptors (Lipinski definition) is 12. The number of halogens is 2. The monoisotopic (exact) mass is 1070 g/mol. The van der Waals surface area contributed by atoms with Gasteiger partial charge in [0.25, 0.3) is 5.60 Å². The number of benzene rings is 2. The lowest BCUT2D eigenvalue weighted by atomic mass is 9.49. The van der Waals surface area contributed by atoms with Crippen LogP contribution in [0.15, 0.2) is 42.0 Å². The van der Waals surface area contributed by atoms with Crippen molar-refractivity contribution in [2.24, 2.45) is 11.3 Å². The number of fused-ring (bicyclic) bond motifs is 5. The topological polar surface area (TPSA) is 148 Å². The molecule has 8 aliphatic rings. The minimum Gasteiger partial charge on any atom is -0.496 e. The summed E-state index contributed by atoms with van der Waals surface area (Å²) in [4.78, 5) is 63.4. The Morgan fingerprint density at radius 3 is 2.42 bits per heavy atom. The SMILES string of the molecule is CC[C@]1(O)C[C@H]2CN(CCC3=C(Cc4cc(I)c(I)cc43)[C@@](C(=O)OC)(c3cc4c(cc3OC)N(C=O)[C@@]35O[C@]3(C(=O)OC)[C@H](OC(C)=O)[C@]3(CC)C=CCN6CC[C@]45[C@@H]63)C2)C1. The summed E-state index contributed by atoms with van der Waals surface area (Å²) in [5.41, 5.74) is -1.63. The Labute approximate surface area is 389 Å². The molecule has 0 aromatic heterocycles. The van der Waals surface area contributed by atoms with Crippen LogP contribution >= 0.6 is 45.2 Å². The first kappa shape index (κ1) is 42.8. The maximum Gasteiger partial charge on any atom is 0.347 e. The molecule has 2 aromatic carbocycles. The Balaban J connectivity index is 1.29. The van der Waals surface area contributed by atoms with E-state index in [-0.39, 0.29) is 5.92 Å². The number of methoxy groups -OCH3 is 3. The van der Waals surface area contributed by atoms with Gasteiger partial charge in [-0.3, -0.25) is 29.1 Å². The summed E-state index contributed by atoms with van der Waals surface area (Å²) in [6.45, 7) is 8.58. The fourth-order valence-corrected chi connectivity index (χ4v) is 15.2. The quantitative estimate of drug-likeness (QED) is 0.0900. The highest BCUT2D eigenvalue weighted by Crippen LogP contribution is 2.80. The van der Waals surface area contributed by atoms with Crippen LogP contribution in [0.4, 0.5) is 5.69 Å². The number of epoxide rings is 1. The zero-order valence-corrected chi connectivity index (χ0v) is 40.3. The third-order valence-corrected chi connectivity index (χ3v) is 19.2. The lowest BCUT2D eigenvalue weighted by Crippen LogP contribution is -2.75. The largest absolute Gasteiger partial charge is 0.496 e. The highest BCUT2D eigenvalue weighted by Gasteiger charge is 2.99. The number of carbonyl (C=O) groups excluding carboxylic acids is 4. The van der Waals surface area contributed by atoms with Gasteiger partial charge >= 0.3 is 17.9 Å². The molecule has 1 saturated carbocycles. The van der Waals surface area contributed by atoms with E-state index in [9.17, 15) is 19.5 Å². The van der Waals surface area contributed by atoms with Crippen molar-refractivity contribution >= 4 is 80.8 Å². The van der Waals surface area contributed by atoms with Crippen LogP contribution in [0.25, 0.3) is 5.57 Å². The molecule has 10 atom stereocenters. The summed E-state index contributed by atoms with van der Waals surface area (Å²) in [5.74, 6) is -1.44. The van der Waals surface area contributed by atoms with Crippen LogP contribution in [0.3, 0.4) is 0 Å². The van der Waals surface area contributed by atoms with E-state index in [1.165, 1.54) is 26.0 Å². The van der Waals surface area contributed by atoms with E-state index in [2.05, 4.69) is 85.3 Å². The molecule has 1 unspecified atom stereocenters. The molecule has 2 spiro atoms. The standard InChI is InChI=1S/C47H53I2N3O10/c1-7-42(57)21-27-22-44(40(55)59-5,31-16-28-17-34(48)35(49)18-30(28)29(31)10-14-50(23-27)24-42)33-19-32-36(20-37(33)58-4)52(25-53)47-45(32)12-15-51-13-9-11-43(8-2,38(45)51)39(61-26(3)54)46(47,62-47)41(56)60-6/h9,11,17-20,25,27,38-39,57H,7-8,10,12-16,21-24H2,1-6H3/t27-,38+,39-,42+,43-,44-,45-,46+,47+/m1/s1. The van der Waals surface area contributed by atoms with Gasteiger partial charge in [0.05, 0.1) is 38.0 Å². The smallest absolute Gasteiger partial charge is 0.347 e. The summed E-state index contributed by atoms with van der Waals surface area (Å²) in [6.07, 6.45) is 7.35. The van der Waals surface area contributed by atoms with Crippen molar-refractivity contribution in [1.29, 1.82) is 0 Å². The molecule has 2 bridgehead atoms. The fourth-order valence-electron chi connectivity index (χ4n) is 14.2. The number of aliphatic hydroxyl groups is 1. The molecule has 15 heteroatoms. The third-order valence-electron chi connectivity index (χ3n) is 16.4. The average molecular weight is 1070 g/mol. The third kappa shape index (κ3) is 5.14. The van der Waals surface area contributed by atoms with Crippen LogP contribution in [0.2, 0.25) is 0 Å². The highest BCUT2D eigenvalue weighted by molar-refractivity contribution is 14.1. The van der Waals surface area contributed by atoms with Crippen LogP contribution < -0.4 is 9.64 Å². The zero-order valence-electron chi connectivity index (χ0n) is 36.0. The van der Waals surface area contributed by atoms with Crippen molar-refractivity contribution in [2.45, 2.75) is 106 Å². The second-order valence-corrected chi connectivity index (χ2v) is 21.1. The Morgan fingerprint density at radius 1 is 0.984 bits per heavy atom. The van der Waals surface area contributed by atoms with Gasteiger partial charge in [0.15, 0.2) is 6.10 Å². The molecule has 2 aromatic rings. The number of ether oxygens (including phenoxy) is 5. The number of amides is 1. The Kier molecular flexibility index (Phi) is 9.98. The lowest BCUT2D eigenvalue weighted by Gasteiger charge is -2.58. The van der Waals surface area contributed by atoms with Crippen molar-refractivity contribution in [2.75, 3.05) is 59.0 Å². The van der Waals surface area contributed by atoms with Crippen molar-refractivity contribution in [3.05, 3.63) is 71.4 Å². The first-order chi connectivity index (χ1) is 29.6.